The summed E-state index contributed by atoms with van der Waals surface area (Å²) in [4.78, 5) is 27.2. The SMILES string of the molecule is COc1ccc(CC(=O)Nc2ccc3c(c2)N(C(=O)c2ccco2)CCC3)cc1OC. The quantitative estimate of drug-likeness (QED) is 0.650. The van der Waals surface area contributed by atoms with Crippen molar-refractivity contribution in [3.8, 4) is 11.5 Å². The number of ether oxygens (including phenoxy) is 2. The number of amides is 2. The van der Waals surface area contributed by atoms with Crippen molar-refractivity contribution in [2.45, 2.75) is 19.3 Å². The summed E-state index contributed by atoms with van der Waals surface area (Å²) in [5, 5.41) is 2.93. The number of fused-ring (bicyclic) bond motifs is 1. The highest BCUT2D eigenvalue weighted by molar-refractivity contribution is 6.05. The van der Waals surface area contributed by atoms with Gasteiger partial charge in [-0.2, -0.15) is 0 Å². The molecule has 4 rings (SSSR count). The maximum atomic E-state index is 12.8. The number of aryl methyl sites for hydroxylation is 1. The van der Waals surface area contributed by atoms with Crippen molar-refractivity contribution in [2.24, 2.45) is 0 Å². The Morgan fingerprint density at radius 2 is 1.90 bits per heavy atom. The minimum Gasteiger partial charge on any atom is -0.493 e. The number of hydrogen-bond acceptors (Lipinski definition) is 5. The van der Waals surface area contributed by atoms with Crippen molar-refractivity contribution in [2.75, 3.05) is 31.0 Å². The number of furan rings is 1. The number of benzene rings is 2. The zero-order valence-electron chi connectivity index (χ0n) is 17.5. The van der Waals surface area contributed by atoms with Gasteiger partial charge in [0.2, 0.25) is 5.91 Å². The highest BCUT2D eigenvalue weighted by atomic mass is 16.5. The van der Waals surface area contributed by atoms with E-state index in [2.05, 4.69) is 5.32 Å². The molecule has 7 heteroatoms. The topological polar surface area (TPSA) is 81.0 Å². The molecule has 1 aromatic heterocycles. The predicted octanol–water partition coefficient (Wildman–Crippen LogP) is 4.07. The van der Waals surface area contributed by atoms with Crippen LogP contribution in [0.4, 0.5) is 11.4 Å². The van der Waals surface area contributed by atoms with E-state index in [1.54, 1.807) is 43.4 Å². The molecule has 1 N–H and O–H groups in total. The summed E-state index contributed by atoms with van der Waals surface area (Å²) in [6.07, 6.45) is 3.44. The van der Waals surface area contributed by atoms with E-state index in [1.807, 2.05) is 24.3 Å². The molecule has 0 aliphatic carbocycles. The van der Waals surface area contributed by atoms with Crippen LogP contribution < -0.4 is 19.7 Å². The van der Waals surface area contributed by atoms with Crippen LogP contribution in [0.2, 0.25) is 0 Å². The van der Waals surface area contributed by atoms with Crippen molar-refractivity contribution >= 4 is 23.2 Å². The molecular weight excluding hydrogens is 396 g/mol. The van der Waals surface area contributed by atoms with E-state index >= 15 is 0 Å². The lowest BCUT2D eigenvalue weighted by molar-refractivity contribution is -0.115. The highest BCUT2D eigenvalue weighted by Gasteiger charge is 2.25. The van der Waals surface area contributed by atoms with Crippen molar-refractivity contribution in [1.82, 2.24) is 0 Å². The normalized spacial score (nSPS) is 12.8. The van der Waals surface area contributed by atoms with E-state index in [0.29, 0.717) is 29.5 Å². The molecule has 0 bridgehead atoms. The monoisotopic (exact) mass is 420 g/mol. The molecule has 0 atom stereocenters. The van der Waals surface area contributed by atoms with Crippen LogP contribution in [0, 0.1) is 0 Å². The van der Waals surface area contributed by atoms with Crippen molar-refractivity contribution in [1.29, 1.82) is 0 Å². The molecule has 7 nitrogen and oxygen atoms in total. The number of carbonyl (C=O) groups is 2. The van der Waals surface area contributed by atoms with E-state index in [-0.39, 0.29) is 18.2 Å². The van der Waals surface area contributed by atoms with Crippen LogP contribution in [0.5, 0.6) is 11.5 Å². The van der Waals surface area contributed by atoms with Crippen LogP contribution in [0.3, 0.4) is 0 Å². The van der Waals surface area contributed by atoms with Crippen molar-refractivity contribution in [3.05, 3.63) is 71.7 Å². The van der Waals surface area contributed by atoms with Crippen LogP contribution in [0.15, 0.2) is 59.2 Å². The third kappa shape index (κ3) is 4.40. The standard InChI is InChI=1S/C24H24N2O5/c1-29-20-10-7-16(13-22(20)30-2)14-23(27)25-18-9-8-17-5-3-11-26(19(17)15-18)24(28)21-6-4-12-31-21/h4,6-10,12-13,15H,3,5,11,14H2,1-2H3,(H,25,27). The summed E-state index contributed by atoms with van der Waals surface area (Å²) in [5.74, 6) is 1.15. The molecule has 3 aromatic rings. The highest BCUT2D eigenvalue weighted by Crippen LogP contribution is 2.32. The van der Waals surface area contributed by atoms with Crippen LogP contribution >= 0.6 is 0 Å². The Morgan fingerprint density at radius 1 is 1.06 bits per heavy atom. The first kappa shape index (κ1) is 20.5. The average molecular weight is 420 g/mol. The molecule has 0 radical (unpaired) electrons. The van der Waals surface area contributed by atoms with Gasteiger partial charge in [0.1, 0.15) is 0 Å². The van der Waals surface area contributed by atoms with E-state index in [1.165, 1.54) is 6.26 Å². The lowest BCUT2D eigenvalue weighted by Gasteiger charge is -2.29. The van der Waals surface area contributed by atoms with Crippen LogP contribution in [-0.4, -0.2) is 32.6 Å². The van der Waals surface area contributed by atoms with Gasteiger partial charge in [-0.1, -0.05) is 12.1 Å². The second kappa shape index (κ2) is 8.95. The Labute approximate surface area is 180 Å². The smallest absolute Gasteiger partial charge is 0.293 e. The maximum absolute atomic E-state index is 12.8. The number of nitrogens with one attached hydrogen (secondary N) is 1. The van der Waals surface area contributed by atoms with E-state index in [9.17, 15) is 9.59 Å². The predicted molar refractivity (Wildman–Crippen MR) is 117 cm³/mol. The van der Waals surface area contributed by atoms with Crippen LogP contribution in [-0.2, 0) is 17.6 Å². The first-order chi connectivity index (χ1) is 15.1. The third-order valence-corrected chi connectivity index (χ3v) is 5.28. The molecule has 0 fully saturated rings. The first-order valence-electron chi connectivity index (χ1n) is 10.1. The second-order valence-corrected chi connectivity index (χ2v) is 7.30. The summed E-state index contributed by atoms with van der Waals surface area (Å²) in [6, 6.07) is 14.4. The van der Waals surface area contributed by atoms with Gasteiger partial charge in [0.15, 0.2) is 17.3 Å². The number of rotatable bonds is 6. The Bertz CT molecular complexity index is 1090. The summed E-state index contributed by atoms with van der Waals surface area (Å²) in [5.41, 5.74) is 3.33. The lowest BCUT2D eigenvalue weighted by atomic mass is 10.0. The van der Waals surface area contributed by atoms with Gasteiger partial charge in [-0.25, -0.2) is 0 Å². The van der Waals surface area contributed by atoms with Crippen molar-refractivity contribution in [3.63, 3.8) is 0 Å². The first-order valence-corrected chi connectivity index (χ1v) is 10.1. The van der Waals surface area contributed by atoms with Gasteiger partial charge in [0.05, 0.1) is 26.9 Å². The fourth-order valence-corrected chi connectivity index (χ4v) is 3.78. The Morgan fingerprint density at radius 3 is 2.65 bits per heavy atom. The Kier molecular flexibility index (Phi) is 5.93. The molecule has 0 saturated carbocycles. The summed E-state index contributed by atoms with van der Waals surface area (Å²) < 4.78 is 15.8. The van der Waals surface area contributed by atoms with Gasteiger partial charge in [-0.3, -0.25) is 9.59 Å². The summed E-state index contributed by atoms with van der Waals surface area (Å²) in [6.45, 7) is 0.607. The third-order valence-electron chi connectivity index (χ3n) is 5.28. The molecule has 1 aliphatic rings. The zero-order valence-corrected chi connectivity index (χ0v) is 17.5. The molecule has 2 amide bonds. The van der Waals surface area contributed by atoms with Gasteiger partial charge >= 0.3 is 0 Å². The molecule has 2 aromatic carbocycles. The van der Waals surface area contributed by atoms with Gasteiger partial charge in [-0.05, 0) is 60.4 Å². The van der Waals surface area contributed by atoms with E-state index < -0.39 is 0 Å². The lowest BCUT2D eigenvalue weighted by Crippen LogP contribution is -2.35. The molecule has 31 heavy (non-hydrogen) atoms. The molecule has 1 aliphatic heterocycles. The number of anilines is 2. The average Bonchev–Trinajstić information content (AvgIpc) is 3.33. The molecule has 0 saturated heterocycles. The van der Waals surface area contributed by atoms with Gasteiger partial charge in [0, 0.05) is 17.9 Å². The minimum absolute atomic E-state index is 0.160. The van der Waals surface area contributed by atoms with E-state index in [0.717, 1.165) is 29.7 Å². The van der Waals surface area contributed by atoms with Crippen LogP contribution in [0.1, 0.15) is 28.1 Å². The molecule has 2 heterocycles. The van der Waals surface area contributed by atoms with Crippen LogP contribution in [0.25, 0.3) is 0 Å². The maximum Gasteiger partial charge on any atom is 0.293 e. The van der Waals surface area contributed by atoms with Gasteiger partial charge < -0.3 is 24.1 Å². The molecule has 0 unspecified atom stereocenters. The fourth-order valence-electron chi connectivity index (χ4n) is 3.78. The Balaban J connectivity index is 1.50. The Hall–Kier alpha value is -3.74. The van der Waals surface area contributed by atoms with E-state index in [4.69, 9.17) is 13.9 Å². The number of nitrogens with zero attached hydrogens (tertiary/aromatic N) is 1. The number of carbonyl (C=O) groups excluding carboxylic acids is 2. The fraction of sp³-hybridized carbons (Fsp3) is 0.250. The molecule has 0 spiro atoms. The zero-order chi connectivity index (χ0) is 21.8. The number of hydrogen-bond donors (Lipinski definition) is 1. The number of methoxy groups -OCH3 is 2. The second-order valence-electron chi connectivity index (χ2n) is 7.30. The minimum atomic E-state index is -0.181. The largest absolute Gasteiger partial charge is 0.493 e. The van der Waals surface area contributed by atoms with Gasteiger partial charge in [0.25, 0.3) is 5.91 Å². The molecule has 160 valence electrons. The molecular formula is C24H24N2O5. The summed E-state index contributed by atoms with van der Waals surface area (Å²) in [7, 11) is 3.13. The van der Waals surface area contributed by atoms with Crippen molar-refractivity contribution < 1.29 is 23.5 Å². The van der Waals surface area contributed by atoms with Gasteiger partial charge in [-0.15, -0.1) is 0 Å². The summed E-state index contributed by atoms with van der Waals surface area (Å²) >= 11 is 0.